The second-order valence-electron chi connectivity index (χ2n) is 6.75. The number of ether oxygens (including phenoxy) is 1. The highest BCUT2D eigenvalue weighted by Gasteiger charge is 2.39. The molecule has 166 valence electrons. The lowest BCUT2D eigenvalue weighted by Gasteiger charge is -2.16. The molecule has 3 aromatic carbocycles. The molecule has 33 heavy (non-hydrogen) atoms. The van der Waals surface area contributed by atoms with Crippen molar-refractivity contribution < 1.29 is 19.1 Å². The maximum atomic E-state index is 12.9. The molecule has 3 aromatic rings. The van der Waals surface area contributed by atoms with Crippen LogP contribution in [0.3, 0.4) is 0 Å². The monoisotopic (exact) mass is 520 g/mol. The molecular formula is C23H12Cl4N2O4. The number of nitrogens with zero attached hydrogens (tertiary/aromatic N) is 1. The molecule has 0 aliphatic carbocycles. The normalized spacial score (nSPS) is 13.5. The number of nitrogens with one attached hydrogen (secondary N) is 1. The summed E-state index contributed by atoms with van der Waals surface area (Å²) < 4.78 is 5.28. The zero-order valence-electron chi connectivity index (χ0n) is 16.4. The molecule has 10 heteroatoms. The first-order valence-electron chi connectivity index (χ1n) is 9.33. The van der Waals surface area contributed by atoms with Crippen molar-refractivity contribution in [3.63, 3.8) is 0 Å². The standard InChI is InChI=1S/C23H12Cl4N2O4/c24-13-7-10-18(16(26)11-13)33-23(32)12-5-8-14(9-6-12)28-20-19(27)21(30)29(22(20)31)17-4-2-1-3-15(17)25/h1-11,28H. The second kappa shape index (κ2) is 9.45. The van der Waals surface area contributed by atoms with Crippen LogP contribution in [0.4, 0.5) is 11.4 Å². The van der Waals surface area contributed by atoms with Crippen molar-refractivity contribution >= 4 is 75.6 Å². The zero-order valence-corrected chi connectivity index (χ0v) is 19.5. The van der Waals surface area contributed by atoms with E-state index in [1.807, 2.05) is 0 Å². The first kappa shape index (κ1) is 23.1. The fourth-order valence-corrected chi connectivity index (χ4v) is 3.89. The van der Waals surface area contributed by atoms with Crippen LogP contribution in [0.15, 0.2) is 77.5 Å². The second-order valence-corrected chi connectivity index (χ2v) is 8.38. The number of hydrogen-bond donors (Lipinski definition) is 1. The van der Waals surface area contributed by atoms with E-state index >= 15 is 0 Å². The molecule has 0 bridgehead atoms. The van der Waals surface area contributed by atoms with Gasteiger partial charge < -0.3 is 10.1 Å². The van der Waals surface area contributed by atoms with E-state index in [1.165, 1.54) is 36.4 Å². The highest BCUT2D eigenvalue weighted by molar-refractivity contribution is 6.53. The molecule has 2 amide bonds. The summed E-state index contributed by atoms with van der Waals surface area (Å²) in [6, 6.07) is 17.0. The molecule has 0 saturated carbocycles. The van der Waals surface area contributed by atoms with Crippen molar-refractivity contribution in [3.05, 3.63) is 98.1 Å². The van der Waals surface area contributed by atoms with Gasteiger partial charge in [0, 0.05) is 10.7 Å². The number of rotatable bonds is 5. The summed E-state index contributed by atoms with van der Waals surface area (Å²) in [5.74, 6) is -1.82. The molecule has 1 aliphatic rings. The fraction of sp³-hybridized carbons (Fsp3) is 0. The van der Waals surface area contributed by atoms with E-state index in [4.69, 9.17) is 51.1 Å². The third-order valence-corrected chi connectivity index (χ3v) is 5.81. The van der Waals surface area contributed by atoms with E-state index in [9.17, 15) is 14.4 Å². The van der Waals surface area contributed by atoms with Gasteiger partial charge in [-0.05, 0) is 54.6 Å². The molecule has 0 spiro atoms. The van der Waals surface area contributed by atoms with Crippen LogP contribution in [0, 0.1) is 0 Å². The molecule has 6 nitrogen and oxygen atoms in total. The van der Waals surface area contributed by atoms with Crippen molar-refractivity contribution in [2.45, 2.75) is 0 Å². The van der Waals surface area contributed by atoms with E-state index in [0.29, 0.717) is 10.7 Å². The van der Waals surface area contributed by atoms with Gasteiger partial charge >= 0.3 is 5.97 Å². The number of anilines is 2. The smallest absolute Gasteiger partial charge is 0.343 e. The quantitative estimate of drug-likeness (QED) is 0.242. The molecule has 0 fully saturated rings. The molecule has 1 aliphatic heterocycles. The van der Waals surface area contributed by atoms with E-state index in [2.05, 4.69) is 5.32 Å². The van der Waals surface area contributed by atoms with Gasteiger partial charge in [-0.3, -0.25) is 9.59 Å². The van der Waals surface area contributed by atoms with Crippen molar-refractivity contribution in [2.24, 2.45) is 0 Å². The van der Waals surface area contributed by atoms with E-state index < -0.39 is 17.8 Å². The average molecular weight is 522 g/mol. The first-order chi connectivity index (χ1) is 15.8. The number of esters is 1. The summed E-state index contributed by atoms with van der Waals surface area (Å²) >= 11 is 24.1. The number of benzene rings is 3. The number of amides is 2. The van der Waals surface area contributed by atoms with Crippen LogP contribution in [0.5, 0.6) is 5.75 Å². The highest BCUT2D eigenvalue weighted by Crippen LogP contribution is 2.34. The molecular weight excluding hydrogens is 510 g/mol. The molecule has 0 aromatic heterocycles. The Morgan fingerprint density at radius 3 is 2.18 bits per heavy atom. The predicted octanol–water partition coefficient (Wildman–Crippen LogP) is 6.30. The van der Waals surface area contributed by atoms with Crippen molar-refractivity contribution in [1.29, 1.82) is 0 Å². The number of imide groups is 1. The van der Waals surface area contributed by atoms with E-state index in [1.54, 1.807) is 30.3 Å². The Bertz CT molecular complexity index is 1320. The van der Waals surface area contributed by atoms with Crippen LogP contribution in [0.1, 0.15) is 10.4 Å². The number of carbonyl (C=O) groups excluding carboxylic acids is 3. The first-order valence-corrected chi connectivity index (χ1v) is 10.8. The van der Waals surface area contributed by atoms with Gasteiger partial charge in [0.1, 0.15) is 16.5 Å². The van der Waals surface area contributed by atoms with Gasteiger partial charge in [-0.1, -0.05) is 58.5 Å². The Morgan fingerprint density at radius 2 is 1.52 bits per heavy atom. The summed E-state index contributed by atoms with van der Waals surface area (Å²) in [6.07, 6.45) is 0. The molecule has 0 atom stereocenters. The summed E-state index contributed by atoms with van der Waals surface area (Å²) in [6.45, 7) is 0. The minimum absolute atomic E-state index is 0.107. The van der Waals surface area contributed by atoms with Gasteiger partial charge in [0.25, 0.3) is 11.8 Å². The maximum absolute atomic E-state index is 12.9. The summed E-state index contributed by atoms with van der Waals surface area (Å²) in [5, 5.41) is 3.39. The Balaban J connectivity index is 1.49. The average Bonchev–Trinajstić information content (AvgIpc) is 3.00. The van der Waals surface area contributed by atoms with Crippen molar-refractivity contribution in [1.82, 2.24) is 0 Å². The van der Waals surface area contributed by atoms with Gasteiger partial charge in [-0.25, -0.2) is 9.69 Å². The maximum Gasteiger partial charge on any atom is 0.343 e. The Kier molecular flexibility index (Phi) is 6.63. The minimum Gasteiger partial charge on any atom is -0.421 e. The predicted molar refractivity (Wildman–Crippen MR) is 128 cm³/mol. The zero-order chi connectivity index (χ0) is 23.7. The van der Waals surface area contributed by atoms with Gasteiger partial charge in [0.2, 0.25) is 0 Å². The van der Waals surface area contributed by atoms with Crippen LogP contribution in [0.2, 0.25) is 15.1 Å². The Labute approximate surface area is 208 Å². The van der Waals surface area contributed by atoms with Gasteiger partial charge in [-0.2, -0.15) is 0 Å². The molecule has 4 rings (SSSR count). The van der Waals surface area contributed by atoms with Crippen LogP contribution in [-0.2, 0) is 9.59 Å². The Hall–Kier alpha value is -3.03. The van der Waals surface area contributed by atoms with Crippen LogP contribution in [0.25, 0.3) is 0 Å². The van der Waals surface area contributed by atoms with Gasteiger partial charge in [0.05, 0.1) is 21.3 Å². The largest absolute Gasteiger partial charge is 0.421 e. The third kappa shape index (κ3) is 4.70. The summed E-state index contributed by atoms with van der Waals surface area (Å²) in [7, 11) is 0. The summed E-state index contributed by atoms with van der Waals surface area (Å²) in [4.78, 5) is 38.7. The summed E-state index contributed by atoms with van der Waals surface area (Å²) in [5.41, 5.74) is 0.775. The van der Waals surface area contributed by atoms with Crippen LogP contribution < -0.4 is 15.0 Å². The minimum atomic E-state index is -0.697. The van der Waals surface area contributed by atoms with E-state index in [-0.39, 0.29) is 37.8 Å². The number of hydrogen-bond acceptors (Lipinski definition) is 5. The van der Waals surface area contributed by atoms with Crippen LogP contribution in [-0.4, -0.2) is 17.8 Å². The molecule has 0 radical (unpaired) electrons. The lowest BCUT2D eigenvalue weighted by atomic mass is 10.2. The molecule has 0 unspecified atom stereocenters. The fourth-order valence-electron chi connectivity index (χ4n) is 3.01. The van der Waals surface area contributed by atoms with Gasteiger partial charge in [-0.15, -0.1) is 0 Å². The lowest BCUT2D eigenvalue weighted by molar-refractivity contribution is -0.120. The topological polar surface area (TPSA) is 75.7 Å². The van der Waals surface area contributed by atoms with E-state index in [0.717, 1.165) is 4.90 Å². The molecule has 1 N–H and O–H groups in total. The van der Waals surface area contributed by atoms with Gasteiger partial charge in [0.15, 0.2) is 0 Å². The van der Waals surface area contributed by atoms with Crippen LogP contribution >= 0.6 is 46.4 Å². The molecule has 0 saturated heterocycles. The third-order valence-electron chi connectivity index (χ3n) is 4.61. The SMILES string of the molecule is O=C(Oc1ccc(Cl)cc1Cl)c1ccc(NC2=C(Cl)C(=O)N(c3ccccc3Cl)C2=O)cc1. The highest BCUT2D eigenvalue weighted by atomic mass is 35.5. The number of carbonyl (C=O) groups is 3. The Morgan fingerprint density at radius 1 is 0.818 bits per heavy atom. The number of para-hydroxylation sites is 1. The van der Waals surface area contributed by atoms with Crippen molar-refractivity contribution in [3.8, 4) is 5.75 Å². The lowest BCUT2D eigenvalue weighted by Crippen LogP contribution is -2.32. The van der Waals surface area contributed by atoms with Crippen molar-refractivity contribution in [2.75, 3.05) is 10.2 Å². The molecule has 1 heterocycles. The number of halogens is 4.